The van der Waals surface area contributed by atoms with Gasteiger partial charge in [0.2, 0.25) is 0 Å². The zero-order chi connectivity index (χ0) is 3.54. The molecule has 0 saturated heterocycles. The summed E-state index contributed by atoms with van der Waals surface area (Å²) in [5.41, 5.74) is 0. The van der Waals surface area contributed by atoms with E-state index in [1.54, 1.807) is 0 Å². The first-order valence-electron chi connectivity index (χ1n) is 1.25. The zero-order valence-corrected chi connectivity index (χ0v) is 5.60. The van der Waals surface area contributed by atoms with Gasteiger partial charge in [0.15, 0.2) is 0 Å². The minimum atomic E-state index is 0. The van der Waals surface area contributed by atoms with Gasteiger partial charge in [0.05, 0.1) is 0 Å². The molecule has 1 aromatic rings. The van der Waals surface area contributed by atoms with E-state index in [4.69, 9.17) is 0 Å². The summed E-state index contributed by atoms with van der Waals surface area (Å²) < 4.78 is 4.28. The van der Waals surface area contributed by atoms with Crippen molar-refractivity contribution >= 4 is 0 Å². The van der Waals surface area contributed by atoms with Gasteiger partial charge in [0.25, 0.3) is 0 Å². The first-order valence-corrected chi connectivity index (χ1v) is 1.25. The zero-order valence-electron chi connectivity index (χ0n) is 2.89. The van der Waals surface area contributed by atoms with E-state index in [1.165, 1.54) is 12.5 Å². The summed E-state index contributed by atoms with van der Waals surface area (Å²) in [6, 6.07) is 2.58. The van der Waals surface area contributed by atoms with E-state index in [-0.39, 0.29) is 20.4 Å². The van der Waals surface area contributed by atoms with Gasteiger partial charge >= 0.3 is 0 Å². The van der Waals surface area contributed by atoms with E-state index >= 15 is 0 Å². The minimum absolute atomic E-state index is 0. The molecule has 1 radical (unpaired) electrons. The predicted octanol–water partition coefficient (Wildman–Crippen LogP) is 0.472. The summed E-state index contributed by atoms with van der Waals surface area (Å²) in [7, 11) is 0. The fourth-order valence-corrected chi connectivity index (χ4v) is 0.152. The van der Waals surface area contributed by atoms with Crippen molar-refractivity contribution in [2.24, 2.45) is 0 Å². The first kappa shape index (κ1) is 5.87. The van der Waals surface area contributed by atoms with Crippen molar-refractivity contribution < 1.29 is 24.9 Å². The molecular formula is C3H2NORe-. The molecule has 1 aromatic heterocycles. The smallest absolute Gasteiger partial charge is 0 e. The molecule has 0 bridgehead atoms. The van der Waals surface area contributed by atoms with Gasteiger partial charge in [-0.25, -0.2) is 0 Å². The molecule has 0 N–H and O–H groups in total. The van der Waals surface area contributed by atoms with Gasteiger partial charge < -0.3 is 10.6 Å². The van der Waals surface area contributed by atoms with Crippen molar-refractivity contribution in [3.8, 4) is 0 Å². The normalized spacial score (nSPS) is 6.67. The second-order valence-electron chi connectivity index (χ2n) is 0.624. The maximum absolute atomic E-state index is 4.28. The second-order valence-corrected chi connectivity index (χ2v) is 0.624. The van der Waals surface area contributed by atoms with Crippen molar-refractivity contribution in [2.45, 2.75) is 0 Å². The molecule has 0 aliphatic rings. The summed E-state index contributed by atoms with van der Waals surface area (Å²) in [6.45, 7) is 0. The van der Waals surface area contributed by atoms with Crippen LogP contribution in [-0.2, 0) is 20.4 Å². The Bertz CT molecular complexity index is 67.3. The quantitative estimate of drug-likeness (QED) is 0.629. The van der Waals surface area contributed by atoms with Gasteiger partial charge in [-0.2, -0.15) is 0 Å². The van der Waals surface area contributed by atoms with Gasteiger partial charge in [-0.15, -0.1) is 11.4 Å². The third kappa shape index (κ3) is 1.35. The maximum atomic E-state index is 4.28. The molecule has 2 nitrogen and oxygen atoms in total. The summed E-state index contributed by atoms with van der Waals surface area (Å²) in [5, 5.41) is 3.29. The van der Waals surface area contributed by atoms with Crippen LogP contribution >= 0.6 is 0 Å². The maximum Gasteiger partial charge on any atom is 0 e. The average Bonchev–Trinajstić information content (AvgIpc) is 1.76. The molecule has 6 heavy (non-hydrogen) atoms. The van der Waals surface area contributed by atoms with Gasteiger partial charge in [-0.3, -0.25) is 0 Å². The molecule has 33 valence electrons. The summed E-state index contributed by atoms with van der Waals surface area (Å²) >= 11 is 0. The van der Waals surface area contributed by atoms with E-state index in [0.29, 0.717) is 0 Å². The van der Waals surface area contributed by atoms with Crippen molar-refractivity contribution in [1.82, 2.24) is 5.16 Å². The van der Waals surface area contributed by atoms with Crippen molar-refractivity contribution in [3.63, 3.8) is 0 Å². The molecule has 0 aliphatic carbocycles. The molecule has 0 aliphatic heterocycles. The van der Waals surface area contributed by atoms with Gasteiger partial charge in [0.1, 0.15) is 0 Å². The molecule has 0 aromatic carbocycles. The largest absolute Gasteiger partial charge is 0.410 e. The van der Waals surface area contributed by atoms with Crippen LogP contribution < -0.4 is 0 Å². The predicted molar refractivity (Wildman–Crippen MR) is 15.3 cm³/mol. The molecule has 0 atom stereocenters. The molecule has 0 unspecified atom stereocenters. The van der Waals surface area contributed by atoms with Crippen LogP contribution in [0.2, 0.25) is 0 Å². The fraction of sp³-hybridized carbons (Fsp3) is 0. The summed E-state index contributed by atoms with van der Waals surface area (Å²) in [4.78, 5) is 0. The van der Waals surface area contributed by atoms with Crippen molar-refractivity contribution in [3.05, 3.63) is 18.5 Å². The van der Waals surface area contributed by atoms with E-state index in [9.17, 15) is 0 Å². The Kier molecular flexibility index (Phi) is 3.01. The number of rotatable bonds is 0. The third-order valence-corrected chi connectivity index (χ3v) is 0.309. The molecule has 0 saturated carbocycles. The average molecular weight is 254 g/mol. The van der Waals surface area contributed by atoms with Crippen LogP contribution in [0.5, 0.6) is 0 Å². The van der Waals surface area contributed by atoms with E-state index in [2.05, 4.69) is 15.7 Å². The van der Waals surface area contributed by atoms with E-state index in [0.717, 1.165) is 0 Å². The molecular weight excluding hydrogens is 252 g/mol. The van der Waals surface area contributed by atoms with Gasteiger partial charge in [0, 0.05) is 20.4 Å². The third-order valence-electron chi connectivity index (χ3n) is 0.309. The van der Waals surface area contributed by atoms with E-state index < -0.39 is 0 Å². The number of hydrogen-bond donors (Lipinski definition) is 0. The summed E-state index contributed by atoms with van der Waals surface area (Å²) in [5.74, 6) is 0. The van der Waals surface area contributed by atoms with Crippen LogP contribution in [0.1, 0.15) is 0 Å². The fourth-order valence-electron chi connectivity index (χ4n) is 0.152. The Balaban J connectivity index is 0.000000250. The van der Waals surface area contributed by atoms with Gasteiger partial charge in [-0.05, 0) is 0 Å². The Morgan fingerprint density at radius 3 is 2.67 bits per heavy atom. The first-order chi connectivity index (χ1) is 2.50. The molecule has 1 rings (SSSR count). The number of aromatic nitrogens is 1. The van der Waals surface area contributed by atoms with Crippen LogP contribution in [-0.4, -0.2) is 5.16 Å². The summed E-state index contributed by atoms with van der Waals surface area (Å²) in [6.07, 6.45) is 2.85. The van der Waals surface area contributed by atoms with Crippen LogP contribution in [0.25, 0.3) is 0 Å². The molecule has 1 heterocycles. The second kappa shape index (κ2) is 3.08. The Hall–Kier alpha value is -0.128. The van der Waals surface area contributed by atoms with Crippen LogP contribution in [0.15, 0.2) is 17.0 Å². The minimum Gasteiger partial charge on any atom is -0.410 e. The van der Waals surface area contributed by atoms with Crippen LogP contribution in [0, 0.1) is 6.07 Å². The van der Waals surface area contributed by atoms with E-state index in [1.807, 2.05) is 0 Å². The standard InChI is InChI=1S/C3H2NO.Re/c1-2-4-5-3-1;/h2-3H;/q-1;. The molecule has 0 spiro atoms. The topological polar surface area (TPSA) is 26.0 Å². The van der Waals surface area contributed by atoms with Crippen molar-refractivity contribution in [2.75, 3.05) is 0 Å². The monoisotopic (exact) mass is 255 g/mol. The number of nitrogens with zero attached hydrogens (tertiary/aromatic N) is 1. The Morgan fingerprint density at radius 2 is 2.50 bits per heavy atom. The SMILES string of the molecule is [Re].[c-]1cnoc1. The molecule has 3 heteroatoms. The van der Waals surface area contributed by atoms with Crippen LogP contribution in [0.4, 0.5) is 0 Å². The Labute approximate surface area is 49.2 Å². The molecule has 0 amide bonds. The van der Waals surface area contributed by atoms with Crippen molar-refractivity contribution in [1.29, 1.82) is 0 Å². The molecule has 0 fully saturated rings. The number of hydrogen-bond acceptors (Lipinski definition) is 2. The Morgan fingerprint density at radius 1 is 1.67 bits per heavy atom. The van der Waals surface area contributed by atoms with Gasteiger partial charge in [-0.1, -0.05) is 6.26 Å². The van der Waals surface area contributed by atoms with Crippen LogP contribution in [0.3, 0.4) is 0 Å².